The maximum absolute atomic E-state index is 12.0. The highest BCUT2D eigenvalue weighted by atomic mass is 16.2. The minimum Gasteiger partial charge on any atom is -0.325 e. The molecule has 0 saturated carbocycles. The van der Waals surface area contributed by atoms with E-state index in [9.17, 15) is 9.59 Å². The van der Waals surface area contributed by atoms with Crippen molar-refractivity contribution in [3.05, 3.63) is 52.8 Å². The number of fused-ring (bicyclic) bond motifs is 3. The second-order valence-electron chi connectivity index (χ2n) is 5.55. The summed E-state index contributed by atoms with van der Waals surface area (Å²) in [5.41, 5.74) is 1.37. The predicted molar refractivity (Wildman–Crippen MR) is 89.3 cm³/mol. The van der Waals surface area contributed by atoms with Gasteiger partial charge in [0.25, 0.3) is 5.56 Å². The Bertz CT molecular complexity index is 913. The summed E-state index contributed by atoms with van der Waals surface area (Å²) in [5, 5.41) is 5.31. The number of H-pyrrole nitrogens is 1. The van der Waals surface area contributed by atoms with E-state index in [1.807, 2.05) is 49.3 Å². The Hall–Kier alpha value is -2.66. The minimum absolute atomic E-state index is 0.0712. The van der Waals surface area contributed by atoms with Crippen LogP contribution in [0.5, 0.6) is 0 Å². The van der Waals surface area contributed by atoms with Gasteiger partial charge in [-0.3, -0.25) is 9.59 Å². The van der Waals surface area contributed by atoms with Gasteiger partial charge < -0.3 is 15.2 Å². The lowest BCUT2D eigenvalue weighted by molar-refractivity contribution is -0.116. The van der Waals surface area contributed by atoms with Gasteiger partial charge in [-0.2, -0.15) is 0 Å². The van der Waals surface area contributed by atoms with Crippen molar-refractivity contribution in [3.63, 3.8) is 0 Å². The Morgan fingerprint density at radius 2 is 1.82 bits per heavy atom. The number of pyridine rings is 1. The van der Waals surface area contributed by atoms with Crippen LogP contribution in [-0.2, 0) is 4.79 Å². The van der Waals surface area contributed by atoms with Gasteiger partial charge in [0, 0.05) is 22.0 Å². The van der Waals surface area contributed by atoms with Crippen LogP contribution in [0, 0.1) is 0 Å². The predicted octanol–water partition coefficient (Wildman–Crippen LogP) is 2.18. The number of benzene rings is 2. The van der Waals surface area contributed by atoms with Gasteiger partial charge in [-0.25, -0.2) is 0 Å². The second-order valence-corrected chi connectivity index (χ2v) is 5.55. The maximum Gasteiger partial charge on any atom is 0.256 e. The molecule has 0 bridgehead atoms. The molecule has 0 aliphatic carbocycles. The number of carbonyl (C=O) groups excluding carboxylic acids is 1. The number of aromatic nitrogens is 1. The fraction of sp³-hybridized carbons (Fsp3) is 0.176. The van der Waals surface area contributed by atoms with E-state index in [-0.39, 0.29) is 11.5 Å². The Labute approximate surface area is 127 Å². The normalized spacial score (nSPS) is 11.2. The molecule has 0 atom stereocenters. The van der Waals surface area contributed by atoms with E-state index in [4.69, 9.17) is 0 Å². The molecule has 0 saturated heterocycles. The van der Waals surface area contributed by atoms with Gasteiger partial charge in [-0.1, -0.05) is 18.2 Å². The third kappa shape index (κ3) is 2.71. The van der Waals surface area contributed by atoms with E-state index in [1.54, 1.807) is 12.1 Å². The molecule has 3 aromatic rings. The summed E-state index contributed by atoms with van der Waals surface area (Å²) < 4.78 is 0. The molecular formula is C17H17N3O2. The lowest BCUT2D eigenvalue weighted by Crippen LogP contribution is -2.27. The number of hydrogen-bond acceptors (Lipinski definition) is 3. The Morgan fingerprint density at radius 3 is 2.55 bits per heavy atom. The largest absolute Gasteiger partial charge is 0.325 e. The van der Waals surface area contributed by atoms with Crippen LogP contribution in [-0.4, -0.2) is 36.4 Å². The summed E-state index contributed by atoms with van der Waals surface area (Å²) in [6.07, 6.45) is 0. The highest BCUT2D eigenvalue weighted by Gasteiger charge is 2.07. The maximum atomic E-state index is 12.0. The van der Waals surface area contributed by atoms with Crippen molar-refractivity contribution < 1.29 is 4.79 Å². The van der Waals surface area contributed by atoms with Crippen LogP contribution in [0.4, 0.5) is 5.69 Å². The lowest BCUT2D eigenvalue weighted by atomic mass is 10.1. The van der Waals surface area contributed by atoms with E-state index >= 15 is 0 Å². The first kappa shape index (κ1) is 14.3. The molecule has 0 unspecified atom stereocenters. The summed E-state index contributed by atoms with van der Waals surface area (Å²) in [5.74, 6) is -0.0712. The number of amides is 1. The van der Waals surface area contributed by atoms with Gasteiger partial charge in [0.15, 0.2) is 0 Å². The van der Waals surface area contributed by atoms with Gasteiger partial charge in [-0.05, 0) is 43.7 Å². The summed E-state index contributed by atoms with van der Waals surface area (Å²) in [4.78, 5) is 28.6. The van der Waals surface area contributed by atoms with Gasteiger partial charge in [-0.15, -0.1) is 0 Å². The molecule has 0 spiro atoms. The Morgan fingerprint density at radius 1 is 1.09 bits per heavy atom. The fourth-order valence-corrected chi connectivity index (χ4v) is 2.55. The molecule has 2 aromatic carbocycles. The molecule has 1 amide bonds. The first-order chi connectivity index (χ1) is 10.5. The molecule has 5 nitrogen and oxygen atoms in total. The number of aromatic amines is 1. The molecule has 1 heterocycles. The standard InChI is InChI=1S/C17H17N3O2/c1-20(2)10-16(21)18-11-7-8-15-14(9-11)12-5-3-4-6-13(12)17(22)19-15/h3-9H,10H2,1-2H3,(H,18,21)(H,19,22)/i1-1. The first-order valence-electron chi connectivity index (χ1n) is 7.04. The number of carbonyl (C=O) groups is 1. The van der Waals surface area contributed by atoms with Crippen LogP contribution < -0.4 is 10.9 Å². The van der Waals surface area contributed by atoms with Crippen LogP contribution in [0.25, 0.3) is 21.7 Å². The molecule has 0 aliphatic rings. The molecule has 0 fully saturated rings. The average molecular weight is 294 g/mol. The zero-order valence-corrected chi connectivity index (χ0v) is 12.5. The van der Waals surface area contributed by atoms with Gasteiger partial charge in [0.2, 0.25) is 5.91 Å². The molecule has 22 heavy (non-hydrogen) atoms. The fourth-order valence-electron chi connectivity index (χ4n) is 2.55. The lowest BCUT2D eigenvalue weighted by Gasteiger charge is -2.11. The molecule has 1 aromatic heterocycles. The number of hydrogen-bond donors (Lipinski definition) is 2. The number of likely N-dealkylation sites (N-methyl/N-ethyl adjacent to an activating group) is 1. The number of rotatable bonds is 3. The van der Waals surface area contributed by atoms with Crippen molar-refractivity contribution in [2.75, 3.05) is 26.0 Å². The quantitative estimate of drug-likeness (QED) is 0.728. The highest BCUT2D eigenvalue weighted by molar-refractivity contribution is 6.07. The van der Waals surface area contributed by atoms with Crippen LogP contribution in [0.2, 0.25) is 0 Å². The number of nitrogens with one attached hydrogen (secondary N) is 2. The SMILES string of the molecule is CN([11CH3])CC(=O)Nc1ccc2[nH]c(=O)c3ccccc3c2c1. The molecule has 0 radical (unpaired) electrons. The summed E-state index contributed by atoms with van der Waals surface area (Å²) >= 11 is 0. The average Bonchev–Trinajstić information content (AvgIpc) is 2.47. The van der Waals surface area contributed by atoms with Gasteiger partial charge >= 0.3 is 0 Å². The third-order valence-corrected chi connectivity index (χ3v) is 3.47. The Kier molecular flexibility index (Phi) is 3.65. The molecule has 112 valence electrons. The van der Waals surface area contributed by atoms with Crippen LogP contribution in [0.3, 0.4) is 0 Å². The van der Waals surface area contributed by atoms with Crippen molar-refractivity contribution in [1.29, 1.82) is 0 Å². The highest BCUT2D eigenvalue weighted by Crippen LogP contribution is 2.24. The van der Waals surface area contributed by atoms with Crippen LogP contribution >= 0.6 is 0 Å². The van der Waals surface area contributed by atoms with Crippen molar-refractivity contribution in [3.8, 4) is 0 Å². The van der Waals surface area contributed by atoms with E-state index in [1.165, 1.54) is 0 Å². The van der Waals surface area contributed by atoms with E-state index in [0.29, 0.717) is 11.9 Å². The third-order valence-electron chi connectivity index (χ3n) is 3.47. The van der Waals surface area contributed by atoms with E-state index < -0.39 is 0 Å². The van der Waals surface area contributed by atoms with Crippen molar-refractivity contribution in [2.24, 2.45) is 0 Å². The van der Waals surface area contributed by atoms with Gasteiger partial charge in [0.05, 0.1) is 6.54 Å². The van der Waals surface area contributed by atoms with Crippen LogP contribution in [0.15, 0.2) is 47.3 Å². The van der Waals surface area contributed by atoms with Crippen LogP contribution in [0.1, 0.15) is 0 Å². The first-order valence-corrected chi connectivity index (χ1v) is 7.04. The topological polar surface area (TPSA) is 65.2 Å². The molecule has 2 N–H and O–H groups in total. The Balaban J connectivity index is 2.09. The minimum atomic E-state index is -0.104. The zero-order valence-electron chi connectivity index (χ0n) is 12.5. The molecule has 3 rings (SSSR count). The summed E-state index contributed by atoms with van der Waals surface area (Å²) in [6.45, 7) is 0.324. The summed E-state index contributed by atoms with van der Waals surface area (Å²) in [6, 6.07) is 12.9. The second kappa shape index (κ2) is 5.61. The smallest absolute Gasteiger partial charge is 0.256 e. The monoisotopic (exact) mass is 294 g/mol. The zero-order chi connectivity index (χ0) is 15.7. The van der Waals surface area contributed by atoms with E-state index in [2.05, 4.69) is 10.3 Å². The number of nitrogens with zero attached hydrogens (tertiary/aromatic N) is 1. The van der Waals surface area contributed by atoms with Gasteiger partial charge in [0.1, 0.15) is 0 Å². The molecule has 0 aliphatic heterocycles. The molecule has 5 heteroatoms. The molecular weight excluding hydrogens is 277 g/mol. The van der Waals surface area contributed by atoms with Crippen molar-refractivity contribution in [2.45, 2.75) is 0 Å². The van der Waals surface area contributed by atoms with E-state index in [0.717, 1.165) is 22.0 Å². The number of anilines is 1. The summed E-state index contributed by atoms with van der Waals surface area (Å²) in [7, 11) is 3.69. The van der Waals surface area contributed by atoms with Crippen molar-refractivity contribution >= 4 is 33.3 Å². The van der Waals surface area contributed by atoms with Crippen molar-refractivity contribution in [1.82, 2.24) is 9.88 Å².